The van der Waals surface area contributed by atoms with Gasteiger partial charge in [-0.25, -0.2) is 8.42 Å². The van der Waals surface area contributed by atoms with Crippen molar-refractivity contribution in [1.29, 1.82) is 0 Å². The quantitative estimate of drug-likeness (QED) is 0.412. The van der Waals surface area contributed by atoms with Crippen molar-refractivity contribution in [2.24, 2.45) is 5.92 Å². The third-order valence-corrected chi connectivity index (χ3v) is 14.6. The topological polar surface area (TPSA) is 72.5 Å². The monoisotopic (exact) mass is 866 g/mol. The SMILES string of the molecule is C.CCC1CCN(C)CC1.CCN1CCCN(C)CC1.CCN1CCN(C)CC1.CN1CCCC1.CN1CCOCC1.CN1CCS(=O)(=O)CC1.CN1CCSCC1. The molecule has 0 aliphatic carbocycles. The van der Waals surface area contributed by atoms with Gasteiger partial charge in [-0.3, -0.25) is 0 Å². The molecule has 0 aromatic carbocycles. The maximum absolute atomic E-state index is 10.8. The highest BCUT2D eigenvalue weighted by molar-refractivity contribution is 7.99. The summed E-state index contributed by atoms with van der Waals surface area (Å²) >= 11 is 2.06. The molecular weight excluding hydrogens is 767 g/mol. The second kappa shape index (κ2) is 36.4. The summed E-state index contributed by atoms with van der Waals surface area (Å²) in [6.45, 7) is 32.5. The van der Waals surface area contributed by atoms with E-state index in [1.165, 1.54) is 155 Å². The van der Waals surface area contributed by atoms with Gasteiger partial charge in [0.15, 0.2) is 9.84 Å². The van der Waals surface area contributed by atoms with E-state index in [2.05, 4.69) is 114 Å². The number of hydrogen-bond acceptors (Lipinski definition) is 13. The second-order valence-corrected chi connectivity index (χ2v) is 20.8. The van der Waals surface area contributed by atoms with Gasteiger partial charge >= 0.3 is 0 Å². The molecule has 0 spiro atoms. The molecule has 14 heteroatoms. The van der Waals surface area contributed by atoms with Crippen molar-refractivity contribution >= 4 is 21.6 Å². The summed E-state index contributed by atoms with van der Waals surface area (Å²) in [5.74, 6) is 4.36. The Kier molecular flexibility index (Phi) is 36.3. The average molecular weight is 866 g/mol. The van der Waals surface area contributed by atoms with E-state index in [1.54, 1.807) is 0 Å². The molecule has 0 aromatic rings. The maximum atomic E-state index is 10.8. The van der Waals surface area contributed by atoms with Crippen LogP contribution in [0.15, 0.2) is 0 Å². The van der Waals surface area contributed by atoms with Crippen LogP contribution in [0.2, 0.25) is 0 Å². The molecule has 0 amide bonds. The molecule has 7 aliphatic rings. The Morgan fingerprint density at radius 2 is 0.845 bits per heavy atom. The number of morpholine rings is 1. The number of sulfone groups is 1. The van der Waals surface area contributed by atoms with Crippen LogP contribution in [0.25, 0.3) is 0 Å². The number of rotatable bonds is 3. The Bertz CT molecular complexity index is 948. The Balaban J connectivity index is 0.000000655. The van der Waals surface area contributed by atoms with Gasteiger partial charge in [0.05, 0.1) is 24.7 Å². The predicted octanol–water partition coefficient (Wildman–Crippen LogP) is 3.94. The van der Waals surface area contributed by atoms with Crippen molar-refractivity contribution in [3.63, 3.8) is 0 Å². The first-order valence-corrected chi connectivity index (χ1v) is 25.8. The van der Waals surface area contributed by atoms with E-state index < -0.39 is 9.84 Å². The minimum atomic E-state index is -2.66. The third-order valence-electron chi connectivity index (χ3n) is 12.1. The van der Waals surface area contributed by atoms with Crippen molar-refractivity contribution in [3.05, 3.63) is 0 Å². The minimum absolute atomic E-state index is 0. The van der Waals surface area contributed by atoms with E-state index >= 15 is 0 Å². The fourth-order valence-electron chi connectivity index (χ4n) is 7.04. The van der Waals surface area contributed by atoms with Crippen molar-refractivity contribution in [2.75, 3.05) is 216 Å². The molecule has 0 radical (unpaired) electrons. The van der Waals surface area contributed by atoms with E-state index in [0.717, 1.165) is 32.2 Å². The van der Waals surface area contributed by atoms with E-state index in [9.17, 15) is 8.42 Å². The van der Waals surface area contributed by atoms with E-state index in [4.69, 9.17) is 4.74 Å². The number of likely N-dealkylation sites (N-methyl/N-ethyl adjacent to an activating group) is 5. The third kappa shape index (κ3) is 32.6. The summed E-state index contributed by atoms with van der Waals surface area (Å²) in [4.78, 5) is 21.2. The minimum Gasteiger partial charge on any atom is -0.379 e. The van der Waals surface area contributed by atoms with Crippen LogP contribution in [0.1, 0.15) is 66.7 Å². The lowest BCUT2D eigenvalue weighted by molar-refractivity contribution is 0.0503. The highest BCUT2D eigenvalue weighted by Gasteiger charge is 2.18. The summed E-state index contributed by atoms with van der Waals surface area (Å²) in [5.41, 5.74) is 0. The predicted molar refractivity (Wildman–Crippen MR) is 257 cm³/mol. The molecule has 7 fully saturated rings. The summed E-state index contributed by atoms with van der Waals surface area (Å²) in [5, 5.41) is 0. The zero-order chi connectivity index (χ0) is 42.3. The van der Waals surface area contributed by atoms with Crippen LogP contribution < -0.4 is 0 Å². The fraction of sp³-hybridized carbons (Fsp3) is 1.00. The molecule has 0 N–H and O–H groups in total. The maximum Gasteiger partial charge on any atom is 0.152 e. The van der Waals surface area contributed by atoms with Gasteiger partial charge in [0.2, 0.25) is 0 Å². The van der Waals surface area contributed by atoms with Crippen molar-refractivity contribution in [3.8, 4) is 0 Å². The Labute approximate surface area is 366 Å². The highest BCUT2D eigenvalue weighted by atomic mass is 32.2. The molecule has 0 unspecified atom stereocenters. The Hall–Kier alpha value is -0.100. The molecule has 350 valence electrons. The number of hydrogen-bond donors (Lipinski definition) is 0. The van der Waals surface area contributed by atoms with Crippen LogP contribution in [0.5, 0.6) is 0 Å². The average Bonchev–Trinajstić information content (AvgIpc) is 3.60. The molecule has 7 rings (SSSR count). The van der Waals surface area contributed by atoms with E-state index in [1.807, 2.05) is 11.9 Å². The Morgan fingerprint density at radius 1 is 0.466 bits per heavy atom. The van der Waals surface area contributed by atoms with Crippen molar-refractivity contribution in [1.82, 2.24) is 44.1 Å². The first kappa shape index (κ1) is 57.9. The summed E-state index contributed by atoms with van der Waals surface area (Å²) < 4.78 is 26.6. The van der Waals surface area contributed by atoms with Gasteiger partial charge in [-0.05, 0) is 140 Å². The highest BCUT2D eigenvalue weighted by Crippen LogP contribution is 2.18. The zero-order valence-corrected chi connectivity index (χ0v) is 40.9. The van der Waals surface area contributed by atoms with Crippen LogP contribution in [0.4, 0.5) is 0 Å². The summed E-state index contributed by atoms with van der Waals surface area (Å²) in [6.07, 6.45) is 8.39. The normalized spacial score (nSPS) is 25.0. The van der Waals surface area contributed by atoms with Crippen LogP contribution in [0, 0.1) is 5.92 Å². The standard InChI is InChI=1S/C8H18N2.C8H17N.C7H16N2.C5H11NO2S.C5H11NO.C5H11NS.C5H11N.CH4/c1-3-10-6-4-5-9(2)7-8-10;1-3-8-4-6-9(2)7-5-8;1-3-9-6-4-8(2)5-7-9;1-6-2-4-9(7,8)5-3-6;2*1-6-2-4-7-5-3-6;1-6-4-2-3-5-6;/h3-8H2,1-2H3;8H,3-7H2,1-2H3;3-7H2,1-2H3;2-5H2,1H3;2*2-5H2,1H3;2-5H2,1H3;1H4. The summed E-state index contributed by atoms with van der Waals surface area (Å²) in [7, 11) is 12.4. The van der Waals surface area contributed by atoms with Crippen molar-refractivity contribution < 1.29 is 13.2 Å². The van der Waals surface area contributed by atoms with Gasteiger partial charge in [-0.2, -0.15) is 11.8 Å². The molecule has 0 atom stereocenters. The van der Waals surface area contributed by atoms with E-state index in [0.29, 0.717) is 24.6 Å². The van der Waals surface area contributed by atoms with Gasteiger partial charge in [-0.15, -0.1) is 0 Å². The van der Waals surface area contributed by atoms with Crippen molar-refractivity contribution in [2.45, 2.75) is 66.7 Å². The molecule has 7 heterocycles. The zero-order valence-electron chi connectivity index (χ0n) is 39.3. The number of likely N-dealkylation sites (tertiary alicyclic amines) is 2. The first-order chi connectivity index (χ1) is 27.3. The molecule has 0 aromatic heterocycles. The smallest absolute Gasteiger partial charge is 0.152 e. The lowest BCUT2D eigenvalue weighted by Crippen LogP contribution is -2.44. The van der Waals surface area contributed by atoms with Gasteiger partial charge in [-0.1, -0.05) is 34.6 Å². The van der Waals surface area contributed by atoms with E-state index in [-0.39, 0.29) is 7.43 Å². The largest absolute Gasteiger partial charge is 0.379 e. The van der Waals surface area contributed by atoms with Gasteiger partial charge in [0, 0.05) is 90.0 Å². The number of thioether (sulfide) groups is 1. The second-order valence-electron chi connectivity index (χ2n) is 17.3. The molecule has 58 heavy (non-hydrogen) atoms. The van der Waals surface area contributed by atoms with Crippen LogP contribution in [-0.4, -0.2) is 269 Å². The van der Waals surface area contributed by atoms with Crippen LogP contribution in [-0.2, 0) is 14.6 Å². The number of ether oxygens (including phenoxy) is 1. The van der Waals surface area contributed by atoms with Gasteiger partial charge in [0.1, 0.15) is 0 Å². The Morgan fingerprint density at radius 3 is 1.21 bits per heavy atom. The number of piperazine rings is 1. The summed E-state index contributed by atoms with van der Waals surface area (Å²) in [6, 6.07) is 0. The first-order valence-electron chi connectivity index (χ1n) is 22.9. The van der Waals surface area contributed by atoms with Gasteiger partial charge in [0.25, 0.3) is 0 Å². The molecule has 7 saturated heterocycles. The molecule has 12 nitrogen and oxygen atoms in total. The molecule has 7 aliphatic heterocycles. The molecule has 0 bridgehead atoms. The van der Waals surface area contributed by atoms with Gasteiger partial charge < -0.3 is 48.8 Å². The number of piperidine rings is 1. The lowest BCUT2D eigenvalue weighted by Gasteiger charge is -2.31. The van der Waals surface area contributed by atoms with Crippen LogP contribution >= 0.6 is 11.8 Å². The molecular formula is C44H99N9O3S2. The fourth-order valence-corrected chi connectivity index (χ4v) is 9.51. The number of nitrogens with zero attached hydrogens (tertiary/aromatic N) is 9. The lowest BCUT2D eigenvalue weighted by atomic mass is 9.95. The van der Waals surface area contributed by atoms with Crippen LogP contribution in [0.3, 0.4) is 0 Å². The molecule has 0 saturated carbocycles.